The molecule has 1 aliphatic carbocycles. The summed E-state index contributed by atoms with van der Waals surface area (Å²) in [6, 6.07) is 23.6. The first-order valence-electron chi connectivity index (χ1n) is 8.85. The summed E-state index contributed by atoms with van der Waals surface area (Å²) in [7, 11) is 0. The van der Waals surface area contributed by atoms with Gasteiger partial charge in [-0.25, -0.2) is 0 Å². The lowest BCUT2D eigenvalue weighted by Gasteiger charge is -2.33. The molecule has 2 nitrogen and oxygen atoms in total. The van der Waals surface area contributed by atoms with Crippen LogP contribution >= 0.6 is 0 Å². The Bertz CT molecular complexity index is 1030. The number of hydrogen-bond donors (Lipinski definition) is 1. The van der Waals surface area contributed by atoms with Gasteiger partial charge >= 0.3 is 0 Å². The number of ether oxygens (including phenoxy) is 1. The molecule has 2 heteroatoms. The lowest BCUT2D eigenvalue weighted by Crippen LogP contribution is -2.23. The molecular weight excluding hydrogens is 306 g/mol. The molecule has 1 aliphatic heterocycles. The minimum absolute atomic E-state index is 0.245. The van der Waals surface area contributed by atoms with Crippen molar-refractivity contribution in [3.05, 3.63) is 89.0 Å². The summed E-state index contributed by atoms with van der Waals surface area (Å²) < 4.78 is 5.92. The quantitative estimate of drug-likeness (QED) is 0.613. The van der Waals surface area contributed by atoms with Crippen LogP contribution in [0.2, 0.25) is 0 Å². The highest BCUT2D eigenvalue weighted by Crippen LogP contribution is 2.45. The van der Waals surface area contributed by atoms with Gasteiger partial charge in [-0.2, -0.15) is 0 Å². The number of fused-ring (bicyclic) bond motifs is 3. The highest BCUT2D eigenvalue weighted by molar-refractivity contribution is 5.88. The number of rotatable bonds is 1. The van der Waals surface area contributed by atoms with E-state index < -0.39 is 0 Å². The molecule has 0 radical (unpaired) electrons. The first-order valence-corrected chi connectivity index (χ1v) is 8.85. The van der Waals surface area contributed by atoms with Gasteiger partial charge in [-0.15, -0.1) is 0 Å². The minimum Gasteiger partial charge on any atom is -0.443 e. The van der Waals surface area contributed by atoms with Crippen LogP contribution in [0.3, 0.4) is 0 Å². The van der Waals surface area contributed by atoms with E-state index in [0.29, 0.717) is 12.3 Å². The molecule has 0 saturated carbocycles. The maximum absolute atomic E-state index is 8.24. The van der Waals surface area contributed by atoms with Gasteiger partial charge in [-0.1, -0.05) is 66.7 Å². The van der Waals surface area contributed by atoms with E-state index >= 15 is 0 Å². The third-order valence-electron chi connectivity index (χ3n) is 5.43. The maximum atomic E-state index is 8.24. The van der Waals surface area contributed by atoms with E-state index in [9.17, 15) is 0 Å². The first kappa shape index (κ1) is 14.5. The molecule has 0 bridgehead atoms. The van der Waals surface area contributed by atoms with Gasteiger partial charge in [0.2, 0.25) is 0 Å². The monoisotopic (exact) mass is 325 g/mol. The van der Waals surface area contributed by atoms with Crippen LogP contribution in [-0.2, 0) is 11.2 Å². The minimum atomic E-state index is 0.245. The zero-order valence-corrected chi connectivity index (χ0v) is 14.0. The summed E-state index contributed by atoms with van der Waals surface area (Å²) in [5, 5.41) is 10.8. The maximum Gasteiger partial charge on any atom is 0.188 e. The van der Waals surface area contributed by atoms with Crippen molar-refractivity contribution in [3.8, 4) is 0 Å². The standard InChI is InChI=1S/C23H19NO/c24-22-14-21(18-10-9-15-5-1-2-7-17(15)13-18)20-12-11-16-6-3-4-8-19(16)23(20)25-22/h1-10,13,21,24H,11-12,14H2. The predicted molar refractivity (Wildman–Crippen MR) is 102 cm³/mol. The number of benzene rings is 3. The number of aryl methyl sites for hydroxylation is 1. The van der Waals surface area contributed by atoms with Gasteiger partial charge in [-0.05, 0) is 40.3 Å². The molecule has 2 aliphatic rings. The van der Waals surface area contributed by atoms with E-state index in [4.69, 9.17) is 10.1 Å². The largest absolute Gasteiger partial charge is 0.443 e. The van der Waals surface area contributed by atoms with Crippen molar-refractivity contribution < 1.29 is 4.74 Å². The van der Waals surface area contributed by atoms with Crippen molar-refractivity contribution in [2.24, 2.45) is 0 Å². The molecule has 1 atom stereocenters. The summed E-state index contributed by atoms with van der Waals surface area (Å²) >= 11 is 0. The second-order valence-corrected chi connectivity index (χ2v) is 6.90. The van der Waals surface area contributed by atoms with Gasteiger partial charge in [0.25, 0.3) is 0 Å². The Morgan fingerprint density at radius 2 is 1.64 bits per heavy atom. The number of hydrogen-bond acceptors (Lipinski definition) is 2. The molecule has 0 fully saturated rings. The van der Waals surface area contributed by atoms with Crippen LogP contribution in [-0.4, -0.2) is 5.90 Å². The summed E-state index contributed by atoms with van der Waals surface area (Å²) in [4.78, 5) is 0. The average Bonchev–Trinajstić information content (AvgIpc) is 2.67. The Kier molecular flexibility index (Phi) is 3.24. The second kappa shape index (κ2) is 5.59. The smallest absolute Gasteiger partial charge is 0.188 e. The van der Waals surface area contributed by atoms with Gasteiger partial charge < -0.3 is 4.74 Å². The van der Waals surface area contributed by atoms with E-state index in [1.165, 1.54) is 33.0 Å². The van der Waals surface area contributed by atoms with Gasteiger partial charge in [0, 0.05) is 17.9 Å². The Morgan fingerprint density at radius 1 is 0.840 bits per heavy atom. The van der Waals surface area contributed by atoms with Gasteiger partial charge in [0.05, 0.1) is 0 Å². The van der Waals surface area contributed by atoms with Crippen LogP contribution in [0.4, 0.5) is 0 Å². The molecule has 5 rings (SSSR count). The topological polar surface area (TPSA) is 33.1 Å². The van der Waals surface area contributed by atoms with Crippen molar-refractivity contribution in [2.75, 3.05) is 0 Å². The molecule has 1 unspecified atom stereocenters. The van der Waals surface area contributed by atoms with E-state index in [2.05, 4.69) is 66.7 Å². The van der Waals surface area contributed by atoms with Crippen LogP contribution in [0.25, 0.3) is 16.5 Å². The predicted octanol–water partition coefficient (Wildman–Crippen LogP) is 5.68. The van der Waals surface area contributed by atoms with E-state index in [0.717, 1.165) is 18.6 Å². The Hall–Kier alpha value is -2.87. The summed E-state index contributed by atoms with van der Waals surface area (Å²) in [5.41, 5.74) is 5.14. The van der Waals surface area contributed by atoms with Gasteiger partial charge in [0.1, 0.15) is 5.76 Å². The lowest BCUT2D eigenvalue weighted by molar-refractivity contribution is 0.438. The lowest BCUT2D eigenvalue weighted by atomic mass is 9.78. The highest BCUT2D eigenvalue weighted by Gasteiger charge is 2.32. The van der Waals surface area contributed by atoms with Gasteiger partial charge in [-0.3, -0.25) is 5.41 Å². The number of allylic oxidation sites excluding steroid dienone is 1. The summed E-state index contributed by atoms with van der Waals surface area (Å²) in [5.74, 6) is 1.54. The molecule has 3 aromatic carbocycles. The van der Waals surface area contributed by atoms with E-state index in [1.54, 1.807) is 0 Å². The zero-order chi connectivity index (χ0) is 16.8. The van der Waals surface area contributed by atoms with Crippen molar-refractivity contribution in [1.29, 1.82) is 5.41 Å². The van der Waals surface area contributed by atoms with Gasteiger partial charge in [0.15, 0.2) is 5.90 Å². The normalized spacial score (nSPS) is 19.4. The first-order chi connectivity index (χ1) is 12.3. The second-order valence-electron chi connectivity index (χ2n) is 6.90. The summed E-state index contributed by atoms with van der Waals surface area (Å²) in [6.45, 7) is 0. The number of nitrogens with one attached hydrogen (secondary N) is 1. The molecule has 1 heterocycles. The van der Waals surface area contributed by atoms with Crippen molar-refractivity contribution in [1.82, 2.24) is 0 Å². The summed E-state index contributed by atoms with van der Waals surface area (Å²) in [6.07, 6.45) is 2.71. The van der Waals surface area contributed by atoms with Crippen LogP contribution in [0.15, 0.2) is 72.3 Å². The highest BCUT2D eigenvalue weighted by atomic mass is 16.5. The Morgan fingerprint density at radius 3 is 2.56 bits per heavy atom. The SMILES string of the molecule is N=C1CC(c2ccc3ccccc3c2)C2=C(O1)c1ccccc1CC2. The van der Waals surface area contributed by atoms with Crippen molar-refractivity contribution in [3.63, 3.8) is 0 Å². The Labute approximate surface area is 147 Å². The zero-order valence-electron chi connectivity index (χ0n) is 14.0. The van der Waals surface area contributed by atoms with E-state index in [-0.39, 0.29) is 5.92 Å². The van der Waals surface area contributed by atoms with Crippen molar-refractivity contribution in [2.45, 2.75) is 25.2 Å². The molecule has 0 saturated heterocycles. The molecule has 0 spiro atoms. The fourth-order valence-corrected chi connectivity index (χ4v) is 4.19. The van der Waals surface area contributed by atoms with E-state index in [1.807, 2.05) is 0 Å². The molecule has 0 amide bonds. The van der Waals surface area contributed by atoms with Crippen LogP contribution < -0.4 is 0 Å². The average molecular weight is 325 g/mol. The third-order valence-corrected chi connectivity index (χ3v) is 5.43. The fraction of sp³-hybridized carbons (Fsp3) is 0.174. The van der Waals surface area contributed by atoms with Crippen LogP contribution in [0.1, 0.15) is 35.4 Å². The molecule has 25 heavy (non-hydrogen) atoms. The third kappa shape index (κ3) is 2.37. The van der Waals surface area contributed by atoms with Crippen LogP contribution in [0.5, 0.6) is 0 Å². The molecule has 3 aromatic rings. The molecule has 0 aromatic heterocycles. The fourth-order valence-electron chi connectivity index (χ4n) is 4.19. The molecule has 1 N–H and O–H groups in total. The van der Waals surface area contributed by atoms with Crippen molar-refractivity contribution >= 4 is 22.4 Å². The Balaban J connectivity index is 1.66. The molecular formula is C23H19NO. The molecule has 122 valence electrons. The van der Waals surface area contributed by atoms with Crippen LogP contribution in [0, 0.1) is 5.41 Å².